The lowest BCUT2D eigenvalue weighted by Gasteiger charge is -2.06. The average Bonchev–Trinajstić information content (AvgIpc) is 2.94. The number of hydrogen-bond donors (Lipinski definition) is 2. The third-order valence-corrected chi connectivity index (χ3v) is 3.28. The average molecular weight is 269 g/mol. The molecule has 3 aromatic rings. The predicted molar refractivity (Wildman–Crippen MR) is 78.1 cm³/mol. The van der Waals surface area contributed by atoms with Crippen molar-refractivity contribution in [3.63, 3.8) is 0 Å². The smallest absolute Gasteiger partial charge is 0.272 e. The molecule has 5 nitrogen and oxygen atoms in total. The standard InChI is InChI=1S/C15H15N3O2/c1-2-7-16-14(19)10-5-6-12-11(9-10)17-15(20)13-4-3-8-18(12)13/h3-6,8-9H,2,7H2,1H3,(H,16,19)(H,17,20). The lowest BCUT2D eigenvalue weighted by atomic mass is 10.1. The van der Waals surface area contributed by atoms with E-state index >= 15 is 0 Å². The van der Waals surface area contributed by atoms with Crippen molar-refractivity contribution in [2.75, 3.05) is 6.54 Å². The van der Waals surface area contributed by atoms with Gasteiger partial charge < -0.3 is 14.7 Å². The second-order valence-corrected chi connectivity index (χ2v) is 4.71. The number of aromatic amines is 1. The van der Waals surface area contributed by atoms with Crippen molar-refractivity contribution in [2.45, 2.75) is 13.3 Å². The molecule has 20 heavy (non-hydrogen) atoms. The molecule has 0 atom stereocenters. The third kappa shape index (κ3) is 1.97. The number of benzene rings is 1. The quantitative estimate of drug-likeness (QED) is 0.763. The van der Waals surface area contributed by atoms with Gasteiger partial charge in [0.1, 0.15) is 5.52 Å². The minimum atomic E-state index is -0.159. The van der Waals surface area contributed by atoms with Gasteiger partial charge >= 0.3 is 0 Å². The largest absolute Gasteiger partial charge is 0.352 e. The Labute approximate surface area is 115 Å². The second kappa shape index (κ2) is 4.85. The zero-order valence-corrected chi connectivity index (χ0v) is 11.1. The molecule has 0 aliphatic rings. The van der Waals surface area contributed by atoms with Crippen molar-refractivity contribution in [1.82, 2.24) is 14.7 Å². The number of nitrogens with one attached hydrogen (secondary N) is 2. The van der Waals surface area contributed by atoms with Crippen LogP contribution in [0.4, 0.5) is 0 Å². The van der Waals surface area contributed by atoms with Gasteiger partial charge in [0, 0.05) is 18.3 Å². The number of rotatable bonds is 3. The maximum Gasteiger partial charge on any atom is 0.272 e. The van der Waals surface area contributed by atoms with Gasteiger partial charge in [0.05, 0.1) is 11.0 Å². The molecule has 0 aliphatic heterocycles. The molecule has 0 saturated carbocycles. The van der Waals surface area contributed by atoms with Gasteiger partial charge in [-0.05, 0) is 36.8 Å². The van der Waals surface area contributed by atoms with Gasteiger partial charge in [-0.25, -0.2) is 0 Å². The number of hydrogen-bond acceptors (Lipinski definition) is 2. The van der Waals surface area contributed by atoms with Crippen molar-refractivity contribution >= 4 is 22.5 Å². The minimum absolute atomic E-state index is 0.123. The summed E-state index contributed by atoms with van der Waals surface area (Å²) in [5.74, 6) is -0.123. The van der Waals surface area contributed by atoms with E-state index in [2.05, 4.69) is 10.3 Å². The van der Waals surface area contributed by atoms with Gasteiger partial charge in [-0.2, -0.15) is 0 Å². The maximum atomic E-state index is 11.9. The molecule has 0 fully saturated rings. The summed E-state index contributed by atoms with van der Waals surface area (Å²) in [6.45, 7) is 2.64. The first-order valence-corrected chi connectivity index (χ1v) is 6.62. The highest BCUT2D eigenvalue weighted by Gasteiger charge is 2.08. The fourth-order valence-corrected chi connectivity index (χ4v) is 2.29. The molecule has 5 heteroatoms. The monoisotopic (exact) mass is 269 g/mol. The highest BCUT2D eigenvalue weighted by atomic mass is 16.1. The first kappa shape index (κ1) is 12.5. The van der Waals surface area contributed by atoms with Crippen LogP contribution >= 0.6 is 0 Å². The normalized spacial score (nSPS) is 11.1. The van der Waals surface area contributed by atoms with Gasteiger partial charge in [0.25, 0.3) is 11.5 Å². The summed E-state index contributed by atoms with van der Waals surface area (Å²) in [7, 11) is 0. The van der Waals surface area contributed by atoms with E-state index in [4.69, 9.17) is 0 Å². The van der Waals surface area contributed by atoms with Gasteiger partial charge in [0.15, 0.2) is 0 Å². The molecule has 2 heterocycles. The number of aromatic nitrogens is 2. The van der Waals surface area contributed by atoms with Crippen LogP contribution in [0.25, 0.3) is 16.6 Å². The number of carbonyl (C=O) groups excluding carboxylic acids is 1. The van der Waals surface area contributed by atoms with E-state index in [1.807, 2.05) is 29.7 Å². The van der Waals surface area contributed by atoms with Gasteiger partial charge in [-0.3, -0.25) is 9.59 Å². The number of H-pyrrole nitrogens is 1. The molecule has 1 aromatic carbocycles. The van der Waals surface area contributed by atoms with Crippen LogP contribution in [0.1, 0.15) is 23.7 Å². The summed E-state index contributed by atoms with van der Waals surface area (Å²) >= 11 is 0. The van der Waals surface area contributed by atoms with Crippen molar-refractivity contribution < 1.29 is 4.79 Å². The van der Waals surface area contributed by atoms with Crippen LogP contribution in [0.3, 0.4) is 0 Å². The lowest BCUT2D eigenvalue weighted by Crippen LogP contribution is -2.24. The molecule has 0 radical (unpaired) electrons. The number of nitrogens with zero attached hydrogens (tertiary/aromatic N) is 1. The van der Waals surface area contributed by atoms with E-state index in [0.29, 0.717) is 23.1 Å². The van der Waals surface area contributed by atoms with Crippen molar-refractivity contribution in [3.8, 4) is 0 Å². The zero-order chi connectivity index (χ0) is 14.1. The van der Waals surface area contributed by atoms with Gasteiger partial charge in [-0.15, -0.1) is 0 Å². The Hall–Kier alpha value is -2.56. The van der Waals surface area contributed by atoms with E-state index in [1.165, 1.54) is 0 Å². The van der Waals surface area contributed by atoms with Crippen LogP contribution in [-0.2, 0) is 0 Å². The first-order chi connectivity index (χ1) is 9.70. The zero-order valence-electron chi connectivity index (χ0n) is 11.1. The molecular weight excluding hydrogens is 254 g/mol. The lowest BCUT2D eigenvalue weighted by molar-refractivity contribution is 0.0954. The molecule has 2 N–H and O–H groups in total. The van der Waals surface area contributed by atoms with Crippen molar-refractivity contribution in [2.24, 2.45) is 0 Å². The molecule has 0 unspecified atom stereocenters. The molecular formula is C15H15N3O2. The molecule has 0 aliphatic carbocycles. The summed E-state index contributed by atoms with van der Waals surface area (Å²) in [5, 5.41) is 2.82. The minimum Gasteiger partial charge on any atom is -0.352 e. The van der Waals surface area contributed by atoms with Crippen LogP contribution in [0, 0.1) is 0 Å². The Morgan fingerprint density at radius 3 is 2.95 bits per heavy atom. The summed E-state index contributed by atoms with van der Waals surface area (Å²) < 4.78 is 1.82. The Bertz CT molecular complexity index is 845. The summed E-state index contributed by atoms with van der Waals surface area (Å²) in [6.07, 6.45) is 2.73. The van der Waals surface area contributed by atoms with Crippen LogP contribution in [0.2, 0.25) is 0 Å². The van der Waals surface area contributed by atoms with Gasteiger partial charge in [0.2, 0.25) is 0 Å². The van der Waals surface area contributed by atoms with E-state index in [0.717, 1.165) is 11.9 Å². The van der Waals surface area contributed by atoms with E-state index in [9.17, 15) is 9.59 Å². The third-order valence-electron chi connectivity index (χ3n) is 3.28. The van der Waals surface area contributed by atoms with E-state index in [-0.39, 0.29) is 11.5 Å². The van der Waals surface area contributed by atoms with Crippen LogP contribution in [0.5, 0.6) is 0 Å². The van der Waals surface area contributed by atoms with Crippen LogP contribution in [0.15, 0.2) is 41.3 Å². The first-order valence-electron chi connectivity index (χ1n) is 6.62. The summed E-state index contributed by atoms with van der Waals surface area (Å²) in [4.78, 5) is 26.7. The summed E-state index contributed by atoms with van der Waals surface area (Å²) in [5.41, 5.74) is 2.52. The van der Waals surface area contributed by atoms with Crippen LogP contribution < -0.4 is 10.9 Å². The Kier molecular flexibility index (Phi) is 3.02. The number of fused-ring (bicyclic) bond motifs is 3. The van der Waals surface area contributed by atoms with E-state index < -0.39 is 0 Å². The summed E-state index contributed by atoms with van der Waals surface area (Å²) in [6, 6.07) is 8.91. The molecule has 102 valence electrons. The number of amides is 1. The predicted octanol–water partition coefficient (Wildman–Crippen LogP) is 1.92. The Morgan fingerprint density at radius 2 is 2.15 bits per heavy atom. The molecule has 0 saturated heterocycles. The van der Waals surface area contributed by atoms with Gasteiger partial charge in [-0.1, -0.05) is 6.92 Å². The Morgan fingerprint density at radius 1 is 1.30 bits per heavy atom. The van der Waals surface area contributed by atoms with E-state index in [1.54, 1.807) is 18.2 Å². The molecule has 1 amide bonds. The topological polar surface area (TPSA) is 66.4 Å². The highest BCUT2D eigenvalue weighted by Crippen LogP contribution is 2.14. The molecule has 0 spiro atoms. The molecule has 2 aromatic heterocycles. The fourth-order valence-electron chi connectivity index (χ4n) is 2.29. The second-order valence-electron chi connectivity index (χ2n) is 4.71. The number of carbonyl (C=O) groups is 1. The SMILES string of the molecule is CCCNC(=O)c1ccc2c(c1)[nH]c(=O)c1cccn12. The van der Waals surface area contributed by atoms with Crippen molar-refractivity contribution in [3.05, 3.63) is 52.4 Å². The van der Waals surface area contributed by atoms with Crippen molar-refractivity contribution in [1.29, 1.82) is 0 Å². The Balaban J connectivity index is 2.14. The fraction of sp³-hybridized carbons (Fsp3) is 0.200. The molecule has 3 rings (SSSR count). The maximum absolute atomic E-state index is 11.9. The highest BCUT2D eigenvalue weighted by molar-refractivity contribution is 5.97. The molecule has 0 bridgehead atoms. The van der Waals surface area contributed by atoms with Crippen LogP contribution in [-0.4, -0.2) is 21.8 Å².